The third-order valence-corrected chi connectivity index (χ3v) is 4.52. The molecule has 0 spiro atoms. The van der Waals surface area contributed by atoms with Crippen LogP contribution >= 0.6 is 22.9 Å². The number of ether oxygens (including phenoxy) is 1. The van der Waals surface area contributed by atoms with Gasteiger partial charge in [-0.2, -0.15) is 0 Å². The highest BCUT2D eigenvalue weighted by Crippen LogP contribution is 2.35. The fourth-order valence-corrected chi connectivity index (χ4v) is 3.12. The number of benzene rings is 2. The lowest BCUT2D eigenvalue weighted by Crippen LogP contribution is -1.98. The lowest BCUT2D eigenvalue weighted by atomic mass is 10.1. The van der Waals surface area contributed by atoms with Gasteiger partial charge in [-0.05, 0) is 30.7 Å². The van der Waals surface area contributed by atoms with Crippen LogP contribution in [0, 0.1) is 6.92 Å². The van der Waals surface area contributed by atoms with Crippen molar-refractivity contribution in [1.82, 2.24) is 4.98 Å². The number of nitrogens with zero attached hydrogens (tertiary/aromatic N) is 1. The molecule has 6 heteroatoms. The van der Waals surface area contributed by atoms with Gasteiger partial charge in [0.15, 0.2) is 5.69 Å². The topological polar surface area (TPSA) is 59.4 Å². The maximum atomic E-state index is 11.0. The standard InChI is InChI=1S/C18H14ClNO3S/c1-11-2-4-12(5-3-11)9-23-16-7-6-13(19)8-14(16)17-20-15(10-24-17)18(21)22/h2-8,10H,9H2,1H3,(H,21,22). The lowest BCUT2D eigenvalue weighted by Gasteiger charge is -2.11. The number of halogens is 1. The summed E-state index contributed by atoms with van der Waals surface area (Å²) in [6.07, 6.45) is 0. The third-order valence-electron chi connectivity index (χ3n) is 3.41. The molecule has 0 amide bonds. The number of aryl methyl sites for hydroxylation is 1. The molecule has 122 valence electrons. The first kappa shape index (κ1) is 16.5. The van der Waals surface area contributed by atoms with Gasteiger partial charge in [0.1, 0.15) is 17.4 Å². The smallest absolute Gasteiger partial charge is 0.355 e. The zero-order valence-electron chi connectivity index (χ0n) is 12.8. The second-order valence-electron chi connectivity index (χ2n) is 5.26. The Morgan fingerprint density at radius 1 is 1.25 bits per heavy atom. The van der Waals surface area contributed by atoms with Crippen molar-refractivity contribution in [3.8, 4) is 16.3 Å². The van der Waals surface area contributed by atoms with E-state index in [2.05, 4.69) is 4.98 Å². The molecule has 0 fully saturated rings. The van der Waals surface area contributed by atoms with Crippen LogP contribution < -0.4 is 4.74 Å². The van der Waals surface area contributed by atoms with Crippen LogP contribution in [0.15, 0.2) is 47.8 Å². The van der Waals surface area contributed by atoms with Crippen molar-refractivity contribution in [2.45, 2.75) is 13.5 Å². The number of hydrogen-bond donors (Lipinski definition) is 1. The Bertz CT molecular complexity index is 874. The highest BCUT2D eigenvalue weighted by atomic mass is 35.5. The van der Waals surface area contributed by atoms with Crippen molar-refractivity contribution in [2.75, 3.05) is 0 Å². The van der Waals surface area contributed by atoms with Crippen molar-refractivity contribution >= 4 is 28.9 Å². The number of rotatable bonds is 5. The van der Waals surface area contributed by atoms with Gasteiger partial charge >= 0.3 is 5.97 Å². The Kier molecular flexibility index (Phi) is 4.83. The zero-order valence-corrected chi connectivity index (χ0v) is 14.4. The van der Waals surface area contributed by atoms with E-state index in [-0.39, 0.29) is 5.69 Å². The molecular weight excluding hydrogens is 346 g/mol. The molecule has 0 aliphatic heterocycles. The summed E-state index contributed by atoms with van der Waals surface area (Å²) >= 11 is 7.32. The van der Waals surface area contributed by atoms with Crippen LogP contribution in [0.1, 0.15) is 21.6 Å². The fraction of sp³-hybridized carbons (Fsp3) is 0.111. The van der Waals surface area contributed by atoms with Crippen molar-refractivity contribution in [3.05, 3.63) is 69.7 Å². The van der Waals surface area contributed by atoms with Crippen LogP contribution in [-0.2, 0) is 6.61 Å². The molecule has 3 aromatic rings. The monoisotopic (exact) mass is 359 g/mol. The summed E-state index contributed by atoms with van der Waals surface area (Å²) in [7, 11) is 0. The highest BCUT2D eigenvalue weighted by molar-refractivity contribution is 7.13. The van der Waals surface area contributed by atoms with E-state index in [1.807, 2.05) is 31.2 Å². The molecule has 0 unspecified atom stereocenters. The van der Waals surface area contributed by atoms with Crippen LogP contribution in [0.4, 0.5) is 0 Å². The van der Waals surface area contributed by atoms with E-state index in [1.54, 1.807) is 18.2 Å². The maximum Gasteiger partial charge on any atom is 0.355 e. The van der Waals surface area contributed by atoms with Crippen LogP contribution in [0.5, 0.6) is 5.75 Å². The number of carboxylic acid groups (broad SMARTS) is 1. The van der Waals surface area contributed by atoms with Crippen LogP contribution in [0.25, 0.3) is 10.6 Å². The minimum atomic E-state index is -1.05. The second kappa shape index (κ2) is 7.03. The minimum absolute atomic E-state index is 0.0134. The van der Waals surface area contributed by atoms with Crippen LogP contribution in [0.2, 0.25) is 5.02 Å². The molecule has 1 aromatic heterocycles. The predicted octanol–water partition coefficient (Wildman–Crippen LogP) is 5.05. The summed E-state index contributed by atoms with van der Waals surface area (Å²) in [5.41, 5.74) is 2.94. The van der Waals surface area contributed by atoms with Gasteiger partial charge in [-0.3, -0.25) is 0 Å². The Morgan fingerprint density at radius 2 is 2.00 bits per heavy atom. The SMILES string of the molecule is Cc1ccc(COc2ccc(Cl)cc2-c2nc(C(=O)O)cs2)cc1. The van der Waals surface area contributed by atoms with E-state index in [0.717, 1.165) is 5.56 Å². The number of aromatic nitrogens is 1. The van der Waals surface area contributed by atoms with Gasteiger partial charge in [0, 0.05) is 10.4 Å². The van der Waals surface area contributed by atoms with Gasteiger partial charge in [-0.1, -0.05) is 41.4 Å². The third kappa shape index (κ3) is 3.75. The summed E-state index contributed by atoms with van der Waals surface area (Å²) < 4.78 is 5.90. The quantitative estimate of drug-likeness (QED) is 0.692. The fourth-order valence-electron chi connectivity index (χ4n) is 2.14. The van der Waals surface area contributed by atoms with Crippen molar-refractivity contribution < 1.29 is 14.6 Å². The molecule has 0 saturated carbocycles. The Labute approximate surface area is 148 Å². The molecule has 1 N–H and O–H groups in total. The lowest BCUT2D eigenvalue weighted by molar-refractivity contribution is 0.0691. The molecule has 24 heavy (non-hydrogen) atoms. The molecule has 4 nitrogen and oxygen atoms in total. The predicted molar refractivity (Wildman–Crippen MR) is 95.0 cm³/mol. The summed E-state index contributed by atoms with van der Waals surface area (Å²) in [6, 6.07) is 13.3. The van der Waals surface area contributed by atoms with Gasteiger partial charge in [-0.25, -0.2) is 9.78 Å². The van der Waals surface area contributed by atoms with Gasteiger partial charge in [-0.15, -0.1) is 11.3 Å². The minimum Gasteiger partial charge on any atom is -0.488 e. The molecular formula is C18H14ClNO3S. The highest BCUT2D eigenvalue weighted by Gasteiger charge is 2.14. The van der Waals surface area contributed by atoms with E-state index >= 15 is 0 Å². The van der Waals surface area contributed by atoms with E-state index < -0.39 is 5.97 Å². The number of carbonyl (C=O) groups is 1. The van der Waals surface area contributed by atoms with Gasteiger partial charge in [0.25, 0.3) is 0 Å². The molecule has 1 heterocycles. The van der Waals surface area contributed by atoms with E-state index in [1.165, 1.54) is 22.3 Å². The average Bonchev–Trinajstić information content (AvgIpc) is 3.05. The first-order valence-corrected chi connectivity index (χ1v) is 8.46. The molecule has 0 aliphatic rings. The molecule has 0 bridgehead atoms. The Balaban J connectivity index is 1.87. The van der Waals surface area contributed by atoms with Crippen molar-refractivity contribution in [1.29, 1.82) is 0 Å². The number of aromatic carboxylic acids is 1. The largest absolute Gasteiger partial charge is 0.488 e. The van der Waals surface area contributed by atoms with Crippen LogP contribution in [-0.4, -0.2) is 16.1 Å². The van der Waals surface area contributed by atoms with Gasteiger partial charge in [0.05, 0.1) is 5.56 Å². The average molecular weight is 360 g/mol. The summed E-state index contributed by atoms with van der Waals surface area (Å²) in [6.45, 7) is 2.44. The first-order chi connectivity index (χ1) is 11.5. The molecule has 3 rings (SSSR count). The number of thiazole rings is 1. The maximum absolute atomic E-state index is 11.0. The summed E-state index contributed by atoms with van der Waals surface area (Å²) in [5, 5.41) is 11.6. The Morgan fingerprint density at radius 3 is 2.67 bits per heavy atom. The van der Waals surface area contributed by atoms with E-state index in [4.69, 9.17) is 21.4 Å². The molecule has 0 aliphatic carbocycles. The van der Waals surface area contributed by atoms with Crippen molar-refractivity contribution in [2.24, 2.45) is 0 Å². The summed E-state index contributed by atoms with van der Waals surface area (Å²) in [5.74, 6) is -0.437. The van der Waals surface area contributed by atoms with Gasteiger partial charge < -0.3 is 9.84 Å². The van der Waals surface area contributed by atoms with Gasteiger partial charge in [0.2, 0.25) is 0 Å². The Hall–Kier alpha value is -2.37. The van der Waals surface area contributed by atoms with Crippen molar-refractivity contribution in [3.63, 3.8) is 0 Å². The number of hydrogen-bond acceptors (Lipinski definition) is 4. The summed E-state index contributed by atoms with van der Waals surface area (Å²) in [4.78, 5) is 15.2. The van der Waals surface area contributed by atoms with E-state index in [0.29, 0.717) is 28.0 Å². The molecule has 0 saturated heterocycles. The number of carboxylic acids is 1. The second-order valence-corrected chi connectivity index (χ2v) is 6.55. The van der Waals surface area contributed by atoms with Crippen LogP contribution in [0.3, 0.4) is 0 Å². The van der Waals surface area contributed by atoms with E-state index in [9.17, 15) is 4.79 Å². The zero-order chi connectivity index (χ0) is 17.1. The molecule has 0 atom stereocenters. The first-order valence-electron chi connectivity index (χ1n) is 7.20. The normalized spacial score (nSPS) is 10.6. The molecule has 0 radical (unpaired) electrons. The molecule has 2 aromatic carbocycles.